The minimum absolute atomic E-state index is 0.0133. The maximum atomic E-state index is 13.2. The highest BCUT2D eigenvalue weighted by Gasteiger charge is 2.21. The molecule has 1 heterocycles. The molecule has 0 radical (unpaired) electrons. The molecule has 0 aliphatic rings. The summed E-state index contributed by atoms with van der Waals surface area (Å²) in [4.78, 5) is 26.5. The first-order chi connectivity index (χ1) is 14.4. The Kier molecular flexibility index (Phi) is 6.56. The van der Waals surface area contributed by atoms with Crippen molar-refractivity contribution in [2.24, 2.45) is 0 Å². The molecule has 156 valence electrons. The molecule has 1 aromatic heterocycles. The molecule has 2 amide bonds. The summed E-state index contributed by atoms with van der Waals surface area (Å²) in [7, 11) is 1.70. The highest BCUT2D eigenvalue weighted by molar-refractivity contribution is 6.04. The SMILES string of the molecule is CC[C@H](c1ccc(F)cc1)N(C)C(=O)Cn1cc(NC(=O)c2ccc(F)cc2)cn1. The Labute approximate surface area is 173 Å². The number of hydrogen-bond acceptors (Lipinski definition) is 3. The molecule has 8 heteroatoms. The molecule has 0 fully saturated rings. The molecule has 0 spiro atoms. The molecule has 3 aromatic rings. The minimum Gasteiger partial charge on any atom is -0.337 e. The summed E-state index contributed by atoms with van der Waals surface area (Å²) >= 11 is 0. The largest absolute Gasteiger partial charge is 0.337 e. The number of amides is 2. The highest BCUT2D eigenvalue weighted by Crippen LogP contribution is 2.23. The molecule has 0 unspecified atom stereocenters. The van der Waals surface area contributed by atoms with E-state index in [1.165, 1.54) is 47.3 Å². The van der Waals surface area contributed by atoms with Gasteiger partial charge in [-0.25, -0.2) is 8.78 Å². The van der Waals surface area contributed by atoms with Gasteiger partial charge in [0.25, 0.3) is 5.91 Å². The number of halogens is 2. The van der Waals surface area contributed by atoms with Gasteiger partial charge in [-0.1, -0.05) is 19.1 Å². The van der Waals surface area contributed by atoms with Crippen LogP contribution in [-0.2, 0) is 11.3 Å². The average molecular weight is 412 g/mol. The summed E-state index contributed by atoms with van der Waals surface area (Å²) in [6.07, 6.45) is 3.66. The number of anilines is 1. The predicted octanol–water partition coefficient (Wildman–Crippen LogP) is 4.02. The first-order valence-electron chi connectivity index (χ1n) is 9.48. The second-order valence-electron chi connectivity index (χ2n) is 6.87. The van der Waals surface area contributed by atoms with E-state index in [0.717, 1.165) is 5.56 Å². The van der Waals surface area contributed by atoms with Crippen molar-refractivity contribution >= 4 is 17.5 Å². The number of nitrogens with one attached hydrogen (secondary N) is 1. The Balaban J connectivity index is 1.62. The molecule has 0 saturated heterocycles. The quantitative estimate of drug-likeness (QED) is 0.637. The lowest BCUT2D eigenvalue weighted by Crippen LogP contribution is -2.33. The van der Waals surface area contributed by atoms with Crippen LogP contribution in [0.15, 0.2) is 60.9 Å². The Bertz CT molecular complexity index is 1020. The molecular formula is C22H22F2N4O2. The highest BCUT2D eigenvalue weighted by atomic mass is 19.1. The molecule has 0 aliphatic heterocycles. The Morgan fingerprint density at radius 3 is 2.27 bits per heavy atom. The number of benzene rings is 2. The standard InChI is InChI=1S/C22H22F2N4O2/c1-3-20(15-4-8-17(23)9-5-15)27(2)21(29)14-28-13-19(12-25-28)26-22(30)16-6-10-18(24)11-7-16/h4-13,20H,3,14H2,1-2H3,(H,26,30)/t20-/m1/s1. The zero-order valence-electron chi connectivity index (χ0n) is 16.7. The van der Waals surface area contributed by atoms with Crippen LogP contribution in [0.3, 0.4) is 0 Å². The first kappa shape index (κ1) is 21.2. The number of rotatable bonds is 7. The fraction of sp³-hybridized carbons (Fsp3) is 0.227. The van der Waals surface area contributed by atoms with Crippen LogP contribution in [0.25, 0.3) is 0 Å². The van der Waals surface area contributed by atoms with Crippen molar-refractivity contribution in [1.82, 2.24) is 14.7 Å². The fourth-order valence-electron chi connectivity index (χ4n) is 3.16. The third-order valence-corrected chi connectivity index (χ3v) is 4.80. The number of nitrogens with zero attached hydrogens (tertiary/aromatic N) is 3. The minimum atomic E-state index is -0.423. The smallest absolute Gasteiger partial charge is 0.255 e. The number of carbonyl (C=O) groups excluding carboxylic acids is 2. The van der Waals surface area contributed by atoms with Crippen LogP contribution in [-0.4, -0.2) is 33.5 Å². The van der Waals surface area contributed by atoms with E-state index in [-0.39, 0.29) is 24.3 Å². The van der Waals surface area contributed by atoms with Crippen LogP contribution in [0.4, 0.5) is 14.5 Å². The lowest BCUT2D eigenvalue weighted by molar-refractivity contribution is -0.133. The zero-order valence-corrected chi connectivity index (χ0v) is 16.7. The second-order valence-corrected chi connectivity index (χ2v) is 6.87. The molecule has 0 bridgehead atoms. The van der Waals surface area contributed by atoms with E-state index in [1.807, 2.05) is 6.92 Å². The third kappa shape index (κ3) is 5.08. The molecule has 1 N–H and O–H groups in total. The van der Waals surface area contributed by atoms with Gasteiger partial charge in [0.1, 0.15) is 18.2 Å². The van der Waals surface area contributed by atoms with Gasteiger partial charge in [-0.15, -0.1) is 0 Å². The number of likely N-dealkylation sites (N-methyl/N-ethyl adjacent to an activating group) is 1. The van der Waals surface area contributed by atoms with E-state index in [9.17, 15) is 18.4 Å². The third-order valence-electron chi connectivity index (χ3n) is 4.80. The van der Waals surface area contributed by atoms with Gasteiger partial charge in [-0.2, -0.15) is 5.10 Å². The monoisotopic (exact) mass is 412 g/mol. The Morgan fingerprint density at radius 2 is 1.67 bits per heavy atom. The lowest BCUT2D eigenvalue weighted by atomic mass is 10.0. The zero-order chi connectivity index (χ0) is 21.7. The molecule has 6 nitrogen and oxygen atoms in total. The van der Waals surface area contributed by atoms with Gasteiger partial charge < -0.3 is 10.2 Å². The lowest BCUT2D eigenvalue weighted by Gasteiger charge is -2.27. The molecule has 2 aromatic carbocycles. The first-order valence-corrected chi connectivity index (χ1v) is 9.48. The van der Waals surface area contributed by atoms with E-state index in [1.54, 1.807) is 30.3 Å². The van der Waals surface area contributed by atoms with Crippen LogP contribution in [0.1, 0.15) is 35.3 Å². The van der Waals surface area contributed by atoms with Crippen molar-refractivity contribution < 1.29 is 18.4 Å². The van der Waals surface area contributed by atoms with Crippen molar-refractivity contribution in [2.75, 3.05) is 12.4 Å². The van der Waals surface area contributed by atoms with Gasteiger partial charge in [0, 0.05) is 18.8 Å². The molecule has 30 heavy (non-hydrogen) atoms. The number of hydrogen-bond donors (Lipinski definition) is 1. The van der Waals surface area contributed by atoms with Crippen LogP contribution < -0.4 is 5.32 Å². The predicted molar refractivity (Wildman–Crippen MR) is 109 cm³/mol. The average Bonchev–Trinajstić information content (AvgIpc) is 3.16. The van der Waals surface area contributed by atoms with Gasteiger partial charge in [0.05, 0.1) is 17.9 Å². The summed E-state index contributed by atoms with van der Waals surface area (Å²) in [5.41, 5.74) is 1.58. The summed E-state index contributed by atoms with van der Waals surface area (Å²) in [5.74, 6) is -1.33. The summed E-state index contributed by atoms with van der Waals surface area (Å²) < 4.78 is 27.6. The van der Waals surface area contributed by atoms with Gasteiger partial charge in [-0.3, -0.25) is 14.3 Å². The van der Waals surface area contributed by atoms with Crippen molar-refractivity contribution in [3.8, 4) is 0 Å². The van der Waals surface area contributed by atoms with Crippen molar-refractivity contribution in [3.05, 3.63) is 83.7 Å². The fourth-order valence-corrected chi connectivity index (χ4v) is 3.16. The second kappa shape index (κ2) is 9.30. The van der Waals surface area contributed by atoms with E-state index in [2.05, 4.69) is 10.4 Å². The van der Waals surface area contributed by atoms with Crippen LogP contribution in [0, 0.1) is 11.6 Å². The maximum Gasteiger partial charge on any atom is 0.255 e. The van der Waals surface area contributed by atoms with Crippen LogP contribution in [0.5, 0.6) is 0 Å². The maximum absolute atomic E-state index is 13.2. The molecule has 0 saturated carbocycles. The summed E-state index contributed by atoms with van der Waals surface area (Å²) in [6.45, 7) is 1.94. The molecule has 0 aliphatic carbocycles. The number of carbonyl (C=O) groups is 2. The molecule has 1 atom stereocenters. The van der Waals surface area contributed by atoms with Crippen molar-refractivity contribution in [3.63, 3.8) is 0 Å². The Hall–Kier alpha value is -3.55. The number of aromatic nitrogens is 2. The van der Waals surface area contributed by atoms with Gasteiger partial charge in [-0.05, 0) is 48.4 Å². The van der Waals surface area contributed by atoms with Crippen molar-refractivity contribution in [2.45, 2.75) is 25.9 Å². The van der Waals surface area contributed by atoms with Crippen molar-refractivity contribution in [1.29, 1.82) is 0 Å². The summed E-state index contributed by atoms with van der Waals surface area (Å²) in [6, 6.07) is 11.1. The van der Waals surface area contributed by atoms with Crippen LogP contribution in [0.2, 0.25) is 0 Å². The van der Waals surface area contributed by atoms with E-state index < -0.39 is 11.7 Å². The van der Waals surface area contributed by atoms with E-state index in [4.69, 9.17) is 0 Å². The van der Waals surface area contributed by atoms with Gasteiger partial charge >= 0.3 is 0 Å². The molecular weight excluding hydrogens is 390 g/mol. The van der Waals surface area contributed by atoms with E-state index >= 15 is 0 Å². The van der Waals surface area contributed by atoms with Gasteiger partial charge in [0.15, 0.2) is 0 Å². The van der Waals surface area contributed by atoms with Gasteiger partial charge in [0.2, 0.25) is 5.91 Å². The Morgan fingerprint density at radius 1 is 1.07 bits per heavy atom. The normalized spacial score (nSPS) is 11.7. The topological polar surface area (TPSA) is 67.2 Å². The molecule has 3 rings (SSSR count). The van der Waals surface area contributed by atoms with E-state index in [0.29, 0.717) is 17.7 Å². The van der Waals surface area contributed by atoms with Crippen LogP contribution >= 0.6 is 0 Å². The summed E-state index contributed by atoms with van der Waals surface area (Å²) in [5, 5.41) is 6.77.